The minimum atomic E-state index is -3.92. The van der Waals surface area contributed by atoms with Gasteiger partial charge in [-0.1, -0.05) is 0 Å². The van der Waals surface area contributed by atoms with Gasteiger partial charge in [0.25, 0.3) is 20.2 Å². The fourth-order valence-corrected chi connectivity index (χ4v) is 2.91. The third-order valence-electron chi connectivity index (χ3n) is 4.36. The maximum absolute atomic E-state index is 9.63. The van der Waals surface area contributed by atoms with Gasteiger partial charge in [0.1, 0.15) is 23.2 Å². The Bertz CT molecular complexity index is 1110. The number of aliphatic hydroxyl groups is 2. The second-order valence-electron chi connectivity index (χ2n) is 7.65. The number of unbranched alkanes of at least 4 members (excludes halogenated alkanes) is 2. The van der Waals surface area contributed by atoms with Crippen molar-refractivity contribution < 1.29 is 45.6 Å². The Balaban J connectivity index is 0.000000848. The Hall–Kier alpha value is -3.28. The number of benzene rings is 2. The van der Waals surface area contributed by atoms with Gasteiger partial charge in [-0.15, -0.1) is 0 Å². The molecule has 0 aliphatic carbocycles. The lowest BCUT2D eigenvalue weighted by atomic mass is 10.2. The Labute approximate surface area is 228 Å². The summed E-state index contributed by atoms with van der Waals surface area (Å²) in [6.45, 7) is 0.233. The summed E-state index contributed by atoms with van der Waals surface area (Å²) in [5, 5.41) is 30.4. The maximum atomic E-state index is 9.63. The predicted molar refractivity (Wildman–Crippen MR) is 147 cm³/mol. The molecular formula is C23H36N4O10S2. The number of hydrogen-bond donors (Lipinski definition) is 8. The van der Waals surface area contributed by atoms with Crippen LogP contribution in [-0.4, -0.2) is 85.8 Å². The van der Waals surface area contributed by atoms with E-state index < -0.39 is 45.0 Å². The highest BCUT2D eigenvalue weighted by Gasteiger charge is 2.01. The van der Waals surface area contributed by atoms with Crippen LogP contribution in [0.4, 0.5) is 0 Å². The lowest BCUT2D eigenvalue weighted by Gasteiger charge is -2.08. The predicted octanol–water partition coefficient (Wildman–Crippen LogP) is 0.616. The fourth-order valence-electron chi connectivity index (χ4n) is 2.45. The van der Waals surface area contributed by atoms with Crippen molar-refractivity contribution in [3.8, 4) is 11.5 Å². The van der Waals surface area contributed by atoms with E-state index in [0.717, 1.165) is 30.8 Å². The SMILES string of the molecule is N=C(N)c1ccc(OCCCCCOc2ccc(C(=N)N)cc2)cc1.O=S(=O)(O)CCO.O=S(=O)(O)CCO. The third kappa shape index (κ3) is 20.4. The third-order valence-corrected chi connectivity index (χ3v) is 5.75. The topological polar surface area (TPSA) is 267 Å². The van der Waals surface area contributed by atoms with E-state index in [4.69, 9.17) is 51.1 Å². The van der Waals surface area contributed by atoms with Gasteiger partial charge in [-0.05, 0) is 67.8 Å². The van der Waals surface area contributed by atoms with Crippen molar-refractivity contribution in [2.45, 2.75) is 19.3 Å². The van der Waals surface area contributed by atoms with E-state index in [0.29, 0.717) is 24.3 Å². The summed E-state index contributed by atoms with van der Waals surface area (Å²) >= 11 is 0. The van der Waals surface area contributed by atoms with E-state index in [2.05, 4.69) is 0 Å². The molecule has 0 saturated carbocycles. The number of amidine groups is 2. The van der Waals surface area contributed by atoms with Crippen LogP contribution in [0.2, 0.25) is 0 Å². The fraction of sp³-hybridized carbons (Fsp3) is 0.391. The molecule has 2 rings (SSSR count). The average Bonchev–Trinajstić information content (AvgIpc) is 2.83. The Kier molecular flexibility index (Phi) is 17.3. The second-order valence-corrected chi connectivity index (χ2v) is 10.8. The molecular weight excluding hydrogens is 556 g/mol. The van der Waals surface area contributed by atoms with Crippen LogP contribution in [0.15, 0.2) is 48.5 Å². The molecule has 2 aromatic carbocycles. The maximum Gasteiger partial charge on any atom is 0.267 e. The van der Waals surface area contributed by atoms with Crippen LogP contribution in [-0.2, 0) is 20.2 Å². The Morgan fingerprint density at radius 2 is 0.949 bits per heavy atom. The van der Waals surface area contributed by atoms with E-state index in [1.165, 1.54) is 0 Å². The molecule has 10 N–H and O–H groups in total. The average molecular weight is 593 g/mol. The molecule has 0 saturated heterocycles. The molecule has 0 aromatic heterocycles. The minimum absolute atomic E-state index is 0.0579. The van der Waals surface area contributed by atoms with Crippen molar-refractivity contribution in [1.29, 1.82) is 10.8 Å². The molecule has 16 heteroatoms. The summed E-state index contributed by atoms with van der Waals surface area (Å²) in [5.41, 5.74) is 12.2. The summed E-state index contributed by atoms with van der Waals surface area (Å²) < 4.78 is 65.5. The van der Waals surface area contributed by atoms with Crippen molar-refractivity contribution in [3.05, 3.63) is 59.7 Å². The second kappa shape index (κ2) is 18.9. The largest absolute Gasteiger partial charge is 0.494 e. The molecule has 0 aliphatic heterocycles. The van der Waals surface area contributed by atoms with Crippen LogP contribution < -0.4 is 20.9 Å². The van der Waals surface area contributed by atoms with Crippen molar-refractivity contribution >= 4 is 31.9 Å². The van der Waals surface area contributed by atoms with Gasteiger partial charge >= 0.3 is 0 Å². The first-order valence-electron chi connectivity index (χ1n) is 11.4. The number of aliphatic hydroxyl groups excluding tert-OH is 2. The highest BCUT2D eigenvalue weighted by molar-refractivity contribution is 7.86. The summed E-state index contributed by atoms with van der Waals surface area (Å²) in [6.07, 6.45) is 2.90. The lowest BCUT2D eigenvalue weighted by Crippen LogP contribution is -2.10. The van der Waals surface area contributed by atoms with Gasteiger partial charge in [0.2, 0.25) is 0 Å². The van der Waals surface area contributed by atoms with Crippen LogP contribution in [0.3, 0.4) is 0 Å². The molecule has 2 aromatic rings. The summed E-state index contributed by atoms with van der Waals surface area (Å²) in [7, 11) is -7.85. The molecule has 0 atom stereocenters. The quantitative estimate of drug-likeness (QED) is 0.0649. The highest BCUT2D eigenvalue weighted by atomic mass is 32.2. The van der Waals surface area contributed by atoms with E-state index in [1.807, 2.05) is 24.3 Å². The van der Waals surface area contributed by atoms with E-state index in [9.17, 15) is 16.8 Å². The van der Waals surface area contributed by atoms with E-state index in [-0.39, 0.29) is 11.7 Å². The molecule has 39 heavy (non-hydrogen) atoms. The number of ether oxygens (including phenoxy) is 2. The number of nitrogen functional groups attached to an aromatic ring is 2. The normalized spacial score (nSPS) is 10.8. The zero-order valence-electron chi connectivity index (χ0n) is 21.2. The van der Waals surface area contributed by atoms with Crippen molar-refractivity contribution in [3.63, 3.8) is 0 Å². The van der Waals surface area contributed by atoms with Crippen LogP contribution in [0.1, 0.15) is 30.4 Å². The van der Waals surface area contributed by atoms with Gasteiger partial charge in [-0.25, -0.2) is 0 Å². The Morgan fingerprint density at radius 1 is 0.641 bits per heavy atom. The molecule has 0 bridgehead atoms. The standard InChI is InChI=1S/C19H24N4O2.2C2H6O4S/c20-18(21)14-4-8-16(9-5-14)24-12-2-1-3-13-25-17-10-6-15(7-11-17)19(22)23;2*3-1-2-7(4,5)6/h4-11H,1-3,12-13H2,(H3,20,21)(H3,22,23);2*3H,1-2H2,(H,4,5,6). The zero-order chi connectivity index (χ0) is 29.9. The van der Waals surface area contributed by atoms with Crippen molar-refractivity contribution in [2.75, 3.05) is 37.9 Å². The zero-order valence-corrected chi connectivity index (χ0v) is 22.8. The minimum Gasteiger partial charge on any atom is -0.494 e. The van der Waals surface area contributed by atoms with Gasteiger partial charge in [0.05, 0.1) is 37.9 Å². The summed E-state index contributed by atoms with van der Waals surface area (Å²) in [5.74, 6) is 0.531. The van der Waals surface area contributed by atoms with E-state index >= 15 is 0 Å². The van der Waals surface area contributed by atoms with Crippen LogP contribution in [0.5, 0.6) is 11.5 Å². The first kappa shape index (κ1) is 35.7. The molecule has 0 unspecified atom stereocenters. The lowest BCUT2D eigenvalue weighted by molar-refractivity contribution is 0.279. The van der Waals surface area contributed by atoms with Crippen LogP contribution in [0, 0.1) is 10.8 Å². The van der Waals surface area contributed by atoms with Gasteiger partial charge < -0.3 is 31.2 Å². The summed E-state index contributed by atoms with van der Waals surface area (Å²) in [4.78, 5) is 0. The number of rotatable bonds is 14. The monoisotopic (exact) mass is 592 g/mol. The van der Waals surface area contributed by atoms with Gasteiger partial charge in [-0.2, -0.15) is 16.8 Å². The number of nitrogens with one attached hydrogen (secondary N) is 2. The van der Waals surface area contributed by atoms with Crippen molar-refractivity contribution in [2.24, 2.45) is 11.5 Å². The Morgan fingerprint density at radius 3 is 1.15 bits per heavy atom. The molecule has 14 nitrogen and oxygen atoms in total. The molecule has 0 aliphatic rings. The highest BCUT2D eigenvalue weighted by Crippen LogP contribution is 2.14. The molecule has 0 fully saturated rings. The van der Waals surface area contributed by atoms with Crippen molar-refractivity contribution in [1.82, 2.24) is 0 Å². The van der Waals surface area contributed by atoms with Gasteiger partial charge in [0, 0.05) is 11.1 Å². The molecule has 0 spiro atoms. The van der Waals surface area contributed by atoms with E-state index in [1.54, 1.807) is 24.3 Å². The van der Waals surface area contributed by atoms with Gasteiger partial charge in [0.15, 0.2) is 0 Å². The molecule has 0 amide bonds. The first-order valence-corrected chi connectivity index (χ1v) is 14.7. The number of hydrogen-bond acceptors (Lipinski definition) is 10. The van der Waals surface area contributed by atoms with Gasteiger partial charge in [-0.3, -0.25) is 19.9 Å². The first-order chi connectivity index (χ1) is 18.2. The smallest absolute Gasteiger partial charge is 0.267 e. The molecule has 0 radical (unpaired) electrons. The van der Waals surface area contributed by atoms with Crippen LogP contribution in [0.25, 0.3) is 0 Å². The van der Waals surface area contributed by atoms with Crippen LogP contribution >= 0.6 is 0 Å². The number of nitrogens with two attached hydrogens (primary N) is 2. The molecule has 0 heterocycles. The summed E-state index contributed by atoms with van der Waals surface area (Å²) in [6, 6.07) is 14.4. The molecule has 220 valence electrons.